The summed E-state index contributed by atoms with van der Waals surface area (Å²) in [7, 11) is 0. The second-order valence-corrected chi connectivity index (χ2v) is 7.05. The van der Waals surface area contributed by atoms with Crippen LogP contribution in [0.15, 0.2) is 28.6 Å². The van der Waals surface area contributed by atoms with Crippen LogP contribution in [0.5, 0.6) is 0 Å². The number of halogens is 1. The molecule has 1 aromatic carbocycles. The fraction of sp³-hybridized carbons (Fsp3) is 0.400. The second kappa shape index (κ2) is 8.83. The van der Waals surface area contributed by atoms with Gasteiger partial charge < -0.3 is 10.6 Å². The number of amides is 1. The lowest BCUT2D eigenvalue weighted by Crippen LogP contribution is -2.34. The molecule has 0 saturated heterocycles. The summed E-state index contributed by atoms with van der Waals surface area (Å²) in [6.07, 6.45) is 1.84. The molecule has 1 amide bonds. The Bertz CT molecular complexity index is 646. The van der Waals surface area contributed by atoms with E-state index in [4.69, 9.17) is 0 Å². The van der Waals surface area contributed by atoms with E-state index in [9.17, 15) is 9.18 Å². The SMILES string of the molecule is CCC(CC)NC(=O)CSc1nnc(Nc2ccccc2F)s1. The highest BCUT2D eigenvalue weighted by atomic mass is 32.2. The van der Waals surface area contributed by atoms with Crippen LogP contribution in [0.4, 0.5) is 15.2 Å². The number of nitrogens with zero attached hydrogens (tertiary/aromatic N) is 2. The highest BCUT2D eigenvalue weighted by Gasteiger charge is 2.12. The smallest absolute Gasteiger partial charge is 0.230 e. The molecule has 0 aliphatic heterocycles. The van der Waals surface area contributed by atoms with Crippen LogP contribution in [0.1, 0.15) is 26.7 Å². The van der Waals surface area contributed by atoms with E-state index in [1.807, 2.05) is 13.8 Å². The van der Waals surface area contributed by atoms with Crippen molar-refractivity contribution in [2.45, 2.75) is 37.1 Å². The molecule has 2 rings (SSSR count). The van der Waals surface area contributed by atoms with Crippen molar-refractivity contribution in [3.05, 3.63) is 30.1 Å². The molecule has 2 N–H and O–H groups in total. The van der Waals surface area contributed by atoms with Crippen molar-refractivity contribution < 1.29 is 9.18 Å². The first kappa shape index (κ1) is 17.7. The molecule has 8 heteroatoms. The maximum Gasteiger partial charge on any atom is 0.230 e. The van der Waals surface area contributed by atoms with Crippen molar-refractivity contribution >= 4 is 39.8 Å². The van der Waals surface area contributed by atoms with Crippen molar-refractivity contribution in [2.75, 3.05) is 11.1 Å². The third-order valence-corrected chi connectivity index (χ3v) is 5.17. The Morgan fingerprint density at radius 2 is 2.04 bits per heavy atom. The normalized spacial score (nSPS) is 10.8. The van der Waals surface area contributed by atoms with Crippen molar-refractivity contribution in [1.82, 2.24) is 15.5 Å². The number of para-hydroxylation sites is 1. The van der Waals surface area contributed by atoms with Crippen molar-refractivity contribution in [3.63, 3.8) is 0 Å². The highest BCUT2D eigenvalue weighted by molar-refractivity contribution is 8.01. The van der Waals surface area contributed by atoms with Gasteiger partial charge in [0.25, 0.3) is 0 Å². The molecule has 1 aromatic heterocycles. The zero-order valence-electron chi connectivity index (χ0n) is 13.0. The lowest BCUT2D eigenvalue weighted by molar-refractivity contribution is -0.119. The summed E-state index contributed by atoms with van der Waals surface area (Å²) < 4.78 is 14.2. The molecule has 5 nitrogen and oxygen atoms in total. The van der Waals surface area contributed by atoms with Crippen molar-refractivity contribution in [2.24, 2.45) is 0 Å². The average Bonchev–Trinajstić information content (AvgIpc) is 3.00. The van der Waals surface area contributed by atoms with Crippen LogP contribution in [-0.2, 0) is 4.79 Å². The largest absolute Gasteiger partial charge is 0.353 e. The molecule has 1 heterocycles. The van der Waals surface area contributed by atoms with Gasteiger partial charge in [-0.1, -0.05) is 49.1 Å². The molecule has 124 valence electrons. The molecule has 0 saturated carbocycles. The quantitative estimate of drug-likeness (QED) is 0.706. The summed E-state index contributed by atoms with van der Waals surface area (Å²) in [6.45, 7) is 4.10. The van der Waals surface area contributed by atoms with Crippen LogP contribution in [-0.4, -0.2) is 27.9 Å². The van der Waals surface area contributed by atoms with E-state index in [1.165, 1.54) is 29.2 Å². The molecule has 0 aliphatic carbocycles. The van der Waals surface area contributed by atoms with Gasteiger partial charge >= 0.3 is 0 Å². The molecule has 0 radical (unpaired) electrons. The number of hydrogen-bond donors (Lipinski definition) is 2. The molecule has 0 spiro atoms. The number of anilines is 2. The molecule has 0 unspecified atom stereocenters. The summed E-state index contributed by atoms with van der Waals surface area (Å²) in [5, 5.41) is 14.3. The Hall–Kier alpha value is -1.67. The summed E-state index contributed by atoms with van der Waals surface area (Å²) in [4.78, 5) is 11.8. The minimum Gasteiger partial charge on any atom is -0.353 e. The third-order valence-electron chi connectivity index (χ3n) is 3.20. The van der Waals surface area contributed by atoms with E-state index < -0.39 is 0 Å². The van der Waals surface area contributed by atoms with Crippen molar-refractivity contribution in [3.8, 4) is 0 Å². The van der Waals surface area contributed by atoms with Gasteiger partial charge in [0.1, 0.15) is 5.82 Å². The van der Waals surface area contributed by atoms with Gasteiger partial charge in [-0.3, -0.25) is 4.79 Å². The summed E-state index contributed by atoms with van der Waals surface area (Å²) in [5.41, 5.74) is 0.353. The molecule has 0 fully saturated rings. The van der Waals surface area contributed by atoms with Gasteiger partial charge in [-0.2, -0.15) is 0 Å². The lowest BCUT2D eigenvalue weighted by atomic mass is 10.2. The predicted molar refractivity (Wildman–Crippen MR) is 92.8 cm³/mol. The van der Waals surface area contributed by atoms with Crippen LogP contribution in [0.3, 0.4) is 0 Å². The number of benzene rings is 1. The Morgan fingerprint density at radius 3 is 2.74 bits per heavy atom. The third kappa shape index (κ3) is 5.47. The molecule has 0 bridgehead atoms. The van der Waals surface area contributed by atoms with Gasteiger partial charge in [0.15, 0.2) is 4.34 Å². The van der Waals surface area contributed by atoms with Crippen LogP contribution in [0.2, 0.25) is 0 Å². The van der Waals surface area contributed by atoms with Gasteiger partial charge in [0.05, 0.1) is 11.4 Å². The second-order valence-electron chi connectivity index (χ2n) is 4.85. The maximum absolute atomic E-state index is 13.6. The summed E-state index contributed by atoms with van der Waals surface area (Å²) >= 11 is 2.62. The predicted octanol–water partition coefficient (Wildman–Crippen LogP) is 3.82. The van der Waals surface area contributed by atoms with Gasteiger partial charge in [-0.15, -0.1) is 10.2 Å². The molecular weight excluding hydrogens is 335 g/mol. The minimum absolute atomic E-state index is 0.0116. The lowest BCUT2D eigenvalue weighted by Gasteiger charge is -2.13. The Kier molecular flexibility index (Phi) is 6.79. The number of rotatable bonds is 8. The maximum atomic E-state index is 13.6. The fourth-order valence-electron chi connectivity index (χ4n) is 1.89. The monoisotopic (exact) mass is 354 g/mol. The summed E-state index contributed by atoms with van der Waals surface area (Å²) in [6, 6.07) is 6.59. The van der Waals surface area contributed by atoms with E-state index in [1.54, 1.807) is 18.2 Å². The van der Waals surface area contributed by atoms with Crippen molar-refractivity contribution in [1.29, 1.82) is 0 Å². The molecular formula is C15H19FN4OS2. The Morgan fingerprint density at radius 1 is 1.30 bits per heavy atom. The summed E-state index contributed by atoms with van der Waals surface area (Å²) in [5.74, 6) is -0.0610. The van der Waals surface area contributed by atoms with Gasteiger partial charge in [0, 0.05) is 6.04 Å². The van der Waals surface area contributed by atoms with Crippen LogP contribution >= 0.6 is 23.1 Å². The number of hydrogen-bond acceptors (Lipinski definition) is 6. The molecule has 23 heavy (non-hydrogen) atoms. The highest BCUT2D eigenvalue weighted by Crippen LogP contribution is 2.28. The average molecular weight is 354 g/mol. The fourth-order valence-corrected chi connectivity index (χ4v) is 3.46. The Labute approximate surface area is 143 Å². The number of thioether (sulfide) groups is 1. The van der Waals surface area contributed by atoms with E-state index >= 15 is 0 Å². The van der Waals surface area contributed by atoms with E-state index in [0.717, 1.165) is 12.8 Å². The number of aromatic nitrogens is 2. The van der Waals surface area contributed by atoms with Gasteiger partial charge in [-0.25, -0.2) is 4.39 Å². The zero-order chi connectivity index (χ0) is 16.7. The van der Waals surface area contributed by atoms with Gasteiger partial charge in [-0.05, 0) is 25.0 Å². The molecule has 0 atom stereocenters. The zero-order valence-corrected chi connectivity index (χ0v) is 14.6. The molecule has 0 aliphatic rings. The number of nitrogens with one attached hydrogen (secondary N) is 2. The van der Waals surface area contributed by atoms with Crippen LogP contribution < -0.4 is 10.6 Å². The Balaban J connectivity index is 1.85. The van der Waals surface area contributed by atoms with Crippen LogP contribution in [0.25, 0.3) is 0 Å². The number of carbonyl (C=O) groups excluding carboxylic acids is 1. The molecule has 2 aromatic rings. The van der Waals surface area contributed by atoms with E-state index in [0.29, 0.717) is 20.9 Å². The first-order valence-corrected chi connectivity index (χ1v) is 9.19. The topological polar surface area (TPSA) is 66.9 Å². The van der Waals surface area contributed by atoms with E-state index in [2.05, 4.69) is 20.8 Å². The van der Waals surface area contributed by atoms with E-state index in [-0.39, 0.29) is 17.8 Å². The van der Waals surface area contributed by atoms with Gasteiger partial charge in [0.2, 0.25) is 11.0 Å². The standard InChI is InChI=1S/C15H19FN4OS2/c1-3-10(4-2)17-13(21)9-22-15-20-19-14(23-15)18-12-8-6-5-7-11(12)16/h5-8,10H,3-4,9H2,1-2H3,(H,17,21)(H,18,19). The minimum atomic E-state index is -0.346. The number of carbonyl (C=O) groups is 1. The first-order valence-electron chi connectivity index (χ1n) is 7.39. The van der Waals surface area contributed by atoms with Crippen LogP contribution in [0, 0.1) is 5.82 Å². The first-order chi connectivity index (χ1) is 11.1.